The summed E-state index contributed by atoms with van der Waals surface area (Å²) in [5.41, 5.74) is 5.18. The largest absolute Gasteiger partial charge is 0.352 e. The van der Waals surface area contributed by atoms with Gasteiger partial charge in [0.2, 0.25) is 5.91 Å². The molecule has 3 fully saturated rings. The lowest BCUT2D eigenvalue weighted by Crippen LogP contribution is -2.61. The summed E-state index contributed by atoms with van der Waals surface area (Å²) in [5.74, 6) is -3.22. The molecular formula is C22H29N3O8. The van der Waals surface area contributed by atoms with Crippen LogP contribution in [0.2, 0.25) is 0 Å². The number of carbonyl (C=O) groups is 3. The van der Waals surface area contributed by atoms with Crippen LogP contribution in [-0.4, -0.2) is 66.5 Å². The second-order valence-electron chi connectivity index (χ2n) is 9.00. The summed E-state index contributed by atoms with van der Waals surface area (Å²) >= 11 is 0. The molecule has 180 valence electrons. The lowest BCUT2D eigenvalue weighted by Gasteiger charge is -2.36. The molecule has 3 amide bonds. The first-order valence-corrected chi connectivity index (χ1v) is 10.8. The molecule has 0 radical (unpaired) electrons. The molecular weight excluding hydrogens is 434 g/mol. The minimum Gasteiger partial charge on any atom is -0.352 e. The minimum atomic E-state index is -1.09. The van der Waals surface area contributed by atoms with Gasteiger partial charge in [-0.3, -0.25) is 25.2 Å². The Morgan fingerprint density at radius 3 is 2.21 bits per heavy atom. The van der Waals surface area contributed by atoms with Crippen molar-refractivity contribution in [3.8, 4) is 0 Å². The second kappa shape index (κ2) is 8.99. The lowest BCUT2D eigenvalue weighted by atomic mass is 9.98. The van der Waals surface area contributed by atoms with Gasteiger partial charge in [0.05, 0.1) is 0 Å². The summed E-state index contributed by atoms with van der Waals surface area (Å²) in [4.78, 5) is 37.0. The van der Waals surface area contributed by atoms with Crippen molar-refractivity contribution in [2.24, 2.45) is 0 Å². The van der Waals surface area contributed by atoms with Crippen molar-refractivity contribution in [3.63, 3.8) is 0 Å². The van der Waals surface area contributed by atoms with Gasteiger partial charge < -0.3 is 29.0 Å². The Morgan fingerprint density at radius 2 is 1.48 bits per heavy atom. The van der Waals surface area contributed by atoms with Gasteiger partial charge in [0.1, 0.15) is 18.3 Å². The van der Waals surface area contributed by atoms with Crippen LogP contribution in [0.5, 0.6) is 0 Å². The number of hydrogen-bond donors (Lipinski definition) is 3. The van der Waals surface area contributed by atoms with Crippen molar-refractivity contribution in [1.82, 2.24) is 16.2 Å². The van der Waals surface area contributed by atoms with Gasteiger partial charge in [0, 0.05) is 18.5 Å². The molecule has 1 aromatic carbocycles. The zero-order valence-corrected chi connectivity index (χ0v) is 19.0. The standard InChI is InChI=1S/C22H29N3O8/c1-21(2)30-14-15(31-21)17-20(33-22(3,4)32-17)29-16(14)19(28)25-24-13(26)10-11-23-18(27)12-8-6-5-7-9-12/h5-9,14-17,20H,10-11H2,1-4H3,(H,23,27)(H,24,26)(H,25,28)/t14-,15+,16+,17+,20+/m1/s1. The number of hydrogen-bond acceptors (Lipinski definition) is 8. The molecule has 1 aromatic rings. The van der Waals surface area contributed by atoms with Crippen LogP contribution in [0.25, 0.3) is 0 Å². The van der Waals surface area contributed by atoms with E-state index in [1.807, 2.05) is 6.07 Å². The van der Waals surface area contributed by atoms with Crippen LogP contribution in [0.15, 0.2) is 30.3 Å². The average Bonchev–Trinajstić information content (AvgIpc) is 3.25. The third-order valence-electron chi connectivity index (χ3n) is 5.41. The third kappa shape index (κ3) is 5.33. The van der Waals surface area contributed by atoms with Crippen LogP contribution in [0, 0.1) is 0 Å². The van der Waals surface area contributed by atoms with Crippen molar-refractivity contribution in [3.05, 3.63) is 35.9 Å². The number of rotatable bonds is 5. The zero-order chi connectivity index (χ0) is 23.8. The van der Waals surface area contributed by atoms with Gasteiger partial charge in [0.25, 0.3) is 11.8 Å². The molecule has 0 aromatic heterocycles. The molecule has 3 aliphatic rings. The highest BCUT2D eigenvalue weighted by Crippen LogP contribution is 2.44. The van der Waals surface area contributed by atoms with Crippen LogP contribution < -0.4 is 16.2 Å². The van der Waals surface area contributed by atoms with E-state index in [4.69, 9.17) is 23.7 Å². The van der Waals surface area contributed by atoms with Gasteiger partial charge in [-0.05, 0) is 39.8 Å². The molecule has 3 N–H and O–H groups in total. The quantitative estimate of drug-likeness (QED) is 0.533. The van der Waals surface area contributed by atoms with E-state index in [0.717, 1.165) is 0 Å². The van der Waals surface area contributed by atoms with Gasteiger partial charge >= 0.3 is 0 Å². The normalized spacial score (nSPS) is 31.2. The van der Waals surface area contributed by atoms with E-state index >= 15 is 0 Å². The average molecular weight is 463 g/mol. The monoisotopic (exact) mass is 463 g/mol. The Kier molecular flexibility index (Phi) is 6.43. The first-order chi connectivity index (χ1) is 15.5. The molecule has 3 saturated heterocycles. The van der Waals surface area contributed by atoms with Gasteiger partial charge in [0.15, 0.2) is 24.0 Å². The SMILES string of the molecule is CC1(C)O[C@@H]2O[C@H](C(=O)NNC(=O)CCNC(=O)c3ccccc3)[C@@H]3OC(C)(C)O[C@@H]3[C@@H]2O1. The predicted molar refractivity (Wildman–Crippen MR) is 112 cm³/mol. The number of nitrogens with one attached hydrogen (secondary N) is 3. The molecule has 11 heteroatoms. The summed E-state index contributed by atoms with van der Waals surface area (Å²) in [7, 11) is 0. The van der Waals surface area contributed by atoms with E-state index in [1.165, 1.54) is 0 Å². The first-order valence-electron chi connectivity index (χ1n) is 10.8. The number of benzene rings is 1. The predicted octanol–water partition coefficient (Wildman–Crippen LogP) is 0.350. The van der Waals surface area contributed by atoms with Crippen molar-refractivity contribution in [2.75, 3.05) is 6.54 Å². The smallest absolute Gasteiger partial charge is 0.270 e. The maximum atomic E-state index is 12.8. The second-order valence-corrected chi connectivity index (χ2v) is 9.00. The molecule has 0 bridgehead atoms. The molecule has 3 aliphatic heterocycles. The number of amides is 3. The fourth-order valence-corrected chi connectivity index (χ4v) is 4.07. The van der Waals surface area contributed by atoms with Gasteiger partial charge in [-0.2, -0.15) is 0 Å². The Balaban J connectivity index is 1.28. The highest BCUT2D eigenvalue weighted by Gasteiger charge is 2.62. The van der Waals surface area contributed by atoms with E-state index in [9.17, 15) is 14.4 Å². The topological polar surface area (TPSA) is 133 Å². The Hall–Kier alpha value is -2.57. The summed E-state index contributed by atoms with van der Waals surface area (Å²) in [6.45, 7) is 7.08. The van der Waals surface area contributed by atoms with Crippen LogP contribution in [-0.2, 0) is 33.3 Å². The molecule has 0 unspecified atom stereocenters. The van der Waals surface area contributed by atoms with Crippen LogP contribution in [0.4, 0.5) is 0 Å². The Labute approximate surface area is 191 Å². The van der Waals surface area contributed by atoms with E-state index in [0.29, 0.717) is 5.56 Å². The highest BCUT2D eigenvalue weighted by molar-refractivity contribution is 5.94. The fraction of sp³-hybridized carbons (Fsp3) is 0.591. The molecule has 0 spiro atoms. The summed E-state index contributed by atoms with van der Waals surface area (Å²) in [6.07, 6.45) is -3.83. The van der Waals surface area contributed by atoms with E-state index in [1.54, 1.807) is 52.0 Å². The van der Waals surface area contributed by atoms with Gasteiger partial charge in [-0.1, -0.05) is 18.2 Å². The molecule has 11 nitrogen and oxygen atoms in total. The first kappa shape index (κ1) is 23.6. The number of hydrazine groups is 1. The van der Waals surface area contributed by atoms with Gasteiger partial charge in [-0.15, -0.1) is 0 Å². The van der Waals surface area contributed by atoms with E-state index in [2.05, 4.69) is 16.2 Å². The molecule has 0 saturated carbocycles. The summed E-state index contributed by atoms with van der Waals surface area (Å²) < 4.78 is 29.4. The van der Waals surface area contributed by atoms with Gasteiger partial charge in [-0.25, -0.2) is 0 Å². The number of fused-ring (bicyclic) bond motifs is 3. The van der Waals surface area contributed by atoms with E-state index < -0.39 is 54.1 Å². The maximum Gasteiger partial charge on any atom is 0.270 e. The van der Waals surface area contributed by atoms with Crippen molar-refractivity contribution < 1.29 is 38.1 Å². The Bertz CT molecular complexity index is 906. The molecule has 4 rings (SSSR count). The van der Waals surface area contributed by atoms with E-state index in [-0.39, 0.29) is 18.9 Å². The van der Waals surface area contributed by atoms with Crippen LogP contribution in [0.1, 0.15) is 44.5 Å². The molecule has 0 aliphatic carbocycles. The molecule has 3 heterocycles. The van der Waals surface area contributed by atoms with Crippen molar-refractivity contribution in [1.29, 1.82) is 0 Å². The number of ether oxygens (including phenoxy) is 5. The van der Waals surface area contributed by atoms with Crippen molar-refractivity contribution >= 4 is 17.7 Å². The lowest BCUT2D eigenvalue weighted by molar-refractivity contribution is -0.231. The third-order valence-corrected chi connectivity index (χ3v) is 5.41. The van der Waals surface area contributed by atoms with Crippen LogP contribution >= 0.6 is 0 Å². The van der Waals surface area contributed by atoms with Crippen LogP contribution in [0.3, 0.4) is 0 Å². The summed E-state index contributed by atoms with van der Waals surface area (Å²) in [6, 6.07) is 8.66. The minimum absolute atomic E-state index is 0.0289. The van der Waals surface area contributed by atoms with Crippen molar-refractivity contribution in [2.45, 2.75) is 76.4 Å². The zero-order valence-electron chi connectivity index (χ0n) is 19.0. The molecule has 5 atom stereocenters. The maximum absolute atomic E-state index is 12.8. The molecule has 33 heavy (non-hydrogen) atoms. The fourth-order valence-electron chi connectivity index (χ4n) is 4.07. The Morgan fingerprint density at radius 1 is 0.848 bits per heavy atom. The highest BCUT2D eigenvalue weighted by atomic mass is 16.9. The number of carbonyl (C=O) groups excluding carboxylic acids is 3. The summed E-state index contributed by atoms with van der Waals surface area (Å²) in [5, 5.41) is 2.65.